The van der Waals surface area contributed by atoms with E-state index in [1.165, 1.54) is 31.7 Å². The van der Waals surface area contributed by atoms with Crippen molar-refractivity contribution in [3.05, 3.63) is 35.4 Å². The highest BCUT2D eigenvalue weighted by molar-refractivity contribution is 7.89. The molecule has 0 bridgehead atoms. The molecule has 2 aromatic heterocycles. The minimum atomic E-state index is -4.53. The topological polar surface area (TPSA) is 135 Å². The Morgan fingerprint density at radius 1 is 1.12 bits per heavy atom. The van der Waals surface area contributed by atoms with Crippen molar-refractivity contribution in [1.82, 2.24) is 19.3 Å². The highest BCUT2D eigenvalue weighted by Crippen LogP contribution is 2.31. The van der Waals surface area contributed by atoms with Crippen LogP contribution in [0.1, 0.15) is 71.3 Å². The summed E-state index contributed by atoms with van der Waals surface area (Å²) in [6.07, 6.45) is 0.689. The Morgan fingerprint density at radius 3 is 2.42 bits per heavy atom. The van der Waals surface area contributed by atoms with Crippen molar-refractivity contribution < 1.29 is 31.5 Å². The number of sulfonamides is 1. The maximum atomic E-state index is 13.9. The molecule has 0 radical (unpaired) electrons. The van der Waals surface area contributed by atoms with E-state index >= 15 is 0 Å². The number of carbonyl (C=O) groups excluding carboxylic acids is 2. The summed E-state index contributed by atoms with van der Waals surface area (Å²) < 4.78 is 60.8. The number of pyridine rings is 1. The fraction of sp³-hybridized carbons (Fsp3) is 0.560. The molecule has 1 fully saturated rings. The highest BCUT2D eigenvalue weighted by Gasteiger charge is 2.42. The molecule has 2 amide bonds. The van der Waals surface area contributed by atoms with Gasteiger partial charge in [0, 0.05) is 43.9 Å². The number of nitrogens with zero attached hydrogens (tertiary/aromatic N) is 5. The van der Waals surface area contributed by atoms with E-state index in [0.717, 1.165) is 18.5 Å². The van der Waals surface area contributed by atoms with E-state index in [1.807, 2.05) is 0 Å². The van der Waals surface area contributed by atoms with Gasteiger partial charge in [-0.1, -0.05) is 11.6 Å². The van der Waals surface area contributed by atoms with Gasteiger partial charge in [0.25, 0.3) is 15.9 Å². The number of hydrogen-bond donors (Lipinski definition) is 1. The third-order valence-electron chi connectivity index (χ3n) is 5.62. The molecule has 0 aromatic carbocycles. The Morgan fingerprint density at radius 2 is 1.80 bits per heavy atom. The first-order valence-corrected chi connectivity index (χ1v) is 14.3. The van der Waals surface area contributed by atoms with Gasteiger partial charge in [-0.25, -0.2) is 28.5 Å². The monoisotopic (exact) mass is 602 g/mol. The summed E-state index contributed by atoms with van der Waals surface area (Å²) in [7, 11) is -4.53. The van der Waals surface area contributed by atoms with Gasteiger partial charge in [-0.2, -0.15) is 12.7 Å². The predicted molar refractivity (Wildman–Crippen MR) is 145 cm³/mol. The van der Waals surface area contributed by atoms with Crippen molar-refractivity contribution in [2.75, 3.05) is 23.3 Å². The predicted octanol–water partition coefficient (Wildman–Crippen LogP) is 5.13. The minimum absolute atomic E-state index is 0.0238. The van der Waals surface area contributed by atoms with Crippen LogP contribution in [0.25, 0.3) is 0 Å². The molecule has 3 rings (SSSR count). The van der Waals surface area contributed by atoms with Crippen LogP contribution in [0, 0.1) is 0 Å². The van der Waals surface area contributed by atoms with Crippen LogP contribution in [0.2, 0.25) is 5.15 Å². The van der Waals surface area contributed by atoms with Crippen LogP contribution in [-0.2, 0) is 14.8 Å². The fourth-order valence-electron chi connectivity index (χ4n) is 3.96. The molecule has 11 nitrogen and oxygen atoms in total. The van der Waals surface area contributed by atoms with Gasteiger partial charge in [0.05, 0.1) is 11.7 Å². The van der Waals surface area contributed by atoms with E-state index in [2.05, 4.69) is 20.3 Å². The zero-order valence-electron chi connectivity index (χ0n) is 23.2. The lowest BCUT2D eigenvalue weighted by Gasteiger charge is -2.35. The number of halogens is 3. The molecule has 1 aliphatic heterocycles. The Kier molecular flexibility index (Phi) is 8.94. The number of amides is 2. The molecular weight excluding hydrogens is 570 g/mol. The molecule has 2 aromatic rings. The summed E-state index contributed by atoms with van der Waals surface area (Å²) in [6, 6.07) is 2.44. The van der Waals surface area contributed by atoms with Gasteiger partial charge in [-0.05, 0) is 54.0 Å². The molecule has 220 valence electrons. The number of aromatic nitrogens is 3. The van der Waals surface area contributed by atoms with E-state index in [-0.39, 0.29) is 48.3 Å². The number of alkyl halides is 2. The summed E-state index contributed by atoms with van der Waals surface area (Å²) in [5.41, 5.74) is -2.32. The van der Waals surface area contributed by atoms with Gasteiger partial charge in [-0.3, -0.25) is 4.79 Å². The van der Waals surface area contributed by atoms with Crippen LogP contribution in [-0.4, -0.2) is 69.8 Å². The van der Waals surface area contributed by atoms with E-state index < -0.39 is 50.5 Å². The van der Waals surface area contributed by atoms with E-state index in [0.29, 0.717) is 4.31 Å². The second-order valence-corrected chi connectivity index (χ2v) is 13.4. The number of rotatable bonds is 5. The molecule has 0 unspecified atom stereocenters. The Bertz CT molecular complexity index is 1380. The van der Waals surface area contributed by atoms with Crippen LogP contribution < -0.4 is 10.2 Å². The van der Waals surface area contributed by atoms with Crippen molar-refractivity contribution in [2.45, 2.75) is 82.9 Å². The lowest BCUT2D eigenvalue weighted by Crippen LogP contribution is -2.51. The molecule has 0 aliphatic carbocycles. The standard InChI is InChI=1S/C25H33ClF2N6O5S/c1-23(2,3)34(22(36)39-24(4,5)6)40(37,38)18-14-16(8-11-29-18)31-21(35)19-20(32-17(26)15-30-19)33-12-7-9-25(27,28)10-13-33/h8,11,14-15H,7,9-10,12-13H2,1-6H3,(H,29,31,35). The molecule has 40 heavy (non-hydrogen) atoms. The third kappa shape index (κ3) is 7.74. The molecule has 3 heterocycles. The quantitative estimate of drug-likeness (QED) is 0.494. The molecule has 1 saturated heterocycles. The number of hydrogen-bond acceptors (Lipinski definition) is 9. The number of carbonyl (C=O) groups is 2. The van der Waals surface area contributed by atoms with Crippen LogP contribution in [0.15, 0.2) is 29.6 Å². The summed E-state index contributed by atoms with van der Waals surface area (Å²) in [5.74, 6) is -3.57. The SMILES string of the molecule is CC(C)(C)OC(=O)N(C(C)(C)C)S(=O)(=O)c1cc(NC(=O)c2ncc(Cl)nc2N2CCCC(F)(F)CC2)ccn1. The molecule has 15 heteroatoms. The average molecular weight is 603 g/mol. The van der Waals surface area contributed by atoms with Crippen molar-refractivity contribution in [3.8, 4) is 0 Å². The summed E-state index contributed by atoms with van der Waals surface area (Å²) in [5, 5.41) is 2.01. The first-order chi connectivity index (χ1) is 18.3. The van der Waals surface area contributed by atoms with Crippen LogP contribution >= 0.6 is 11.6 Å². The summed E-state index contributed by atoms with van der Waals surface area (Å²) in [4.78, 5) is 39.8. The first kappa shape index (κ1) is 31.4. The summed E-state index contributed by atoms with van der Waals surface area (Å²) in [6.45, 7) is 9.56. The van der Waals surface area contributed by atoms with Gasteiger partial charge in [0.15, 0.2) is 16.5 Å². The minimum Gasteiger partial charge on any atom is -0.443 e. The van der Waals surface area contributed by atoms with Gasteiger partial charge in [-0.15, -0.1) is 0 Å². The zero-order chi connectivity index (χ0) is 30.1. The van der Waals surface area contributed by atoms with Crippen molar-refractivity contribution in [3.63, 3.8) is 0 Å². The van der Waals surface area contributed by atoms with Gasteiger partial charge in [0.2, 0.25) is 5.92 Å². The second-order valence-electron chi connectivity index (χ2n) is 11.3. The van der Waals surface area contributed by atoms with Crippen LogP contribution in [0.3, 0.4) is 0 Å². The van der Waals surface area contributed by atoms with E-state index in [1.54, 1.807) is 20.8 Å². The van der Waals surface area contributed by atoms with Crippen molar-refractivity contribution >= 4 is 45.1 Å². The molecule has 1 N–H and O–H groups in total. The molecular formula is C25H33ClF2N6O5S. The molecule has 0 spiro atoms. The van der Waals surface area contributed by atoms with Crippen molar-refractivity contribution in [1.29, 1.82) is 0 Å². The lowest BCUT2D eigenvalue weighted by atomic mass is 10.1. The molecule has 0 atom stereocenters. The van der Waals surface area contributed by atoms with Crippen LogP contribution in [0.5, 0.6) is 0 Å². The average Bonchev–Trinajstić information content (AvgIpc) is 2.97. The van der Waals surface area contributed by atoms with Crippen LogP contribution in [0.4, 0.5) is 25.1 Å². The Balaban J connectivity index is 1.92. The fourth-order valence-corrected chi connectivity index (χ4v) is 5.70. The second kappa shape index (κ2) is 11.4. The number of nitrogens with one attached hydrogen (secondary N) is 1. The first-order valence-electron chi connectivity index (χ1n) is 12.5. The Labute approximate surface area is 237 Å². The van der Waals surface area contributed by atoms with Gasteiger partial charge >= 0.3 is 6.09 Å². The zero-order valence-corrected chi connectivity index (χ0v) is 24.7. The number of anilines is 2. The maximum absolute atomic E-state index is 13.9. The largest absolute Gasteiger partial charge is 0.443 e. The highest BCUT2D eigenvalue weighted by atomic mass is 35.5. The summed E-state index contributed by atoms with van der Waals surface area (Å²) >= 11 is 6.00. The smallest absolute Gasteiger partial charge is 0.424 e. The number of ether oxygens (including phenoxy) is 1. The van der Waals surface area contributed by atoms with Gasteiger partial charge in [0.1, 0.15) is 10.8 Å². The van der Waals surface area contributed by atoms with Gasteiger partial charge < -0.3 is 15.0 Å². The van der Waals surface area contributed by atoms with Crippen molar-refractivity contribution in [2.24, 2.45) is 0 Å². The molecule has 1 aliphatic rings. The lowest BCUT2D eigenvalue weighted by molar-refractivity contribution is -0.0102. The van der Waals surface area contributed by atoms with E-state index in [9.17, 15) is 26.8 Å². The maximum Gasteiger partial charge on any atom is 0.424 e. The van der Waals surface area contributed by atoms with E-state index in [4.69, 9.17) is 16.3 Å². The normalized spacial score (nSPS) is 16.2. The molecule has 0 saturated carbocycles. The third-order valence-corrected chi connectivity index (χ3v) is 7.73. The Hall–Kier alpha value is -3.13.